The van der Waals surface area contributed by atoms with Crippen molar-refractivity contribution in [2.24, 2.45) is 5.92 Å². The summed E-state index contributed by atoms with van der Waals surface area (Å²) in [5.74, 6) is 0.612. The highest BCUT2D eigenvalue weighted by Gasteiger charge is 2.54. The molecule has 0 unspecified atom stereocenters. The molecule has 136 valence electrons. The highest BCUT2D eigenvalue weighted by atomic mass is 19.1. The number of hydrogen-bond donors (Lipinski definition) is 0. The van der Waals surface area contributed by atoms with Crippen LogP contribution in [0.3, 0.4) is 0 Å². The Balaban J connectivity index is 1.46. The van der Waals surface area contributed by atoms with E-state index >= 15 is 0 Å². The molecule has 4 aliphatic rings. The molecule has 5 heterocycles. The summed E-state index contributed by atoms with van der Waals surface area (Å²) in [6.45, 7) is 3.03. The van der Waals surface area contributed by atoms with Gasteiger partial charge in [0, 0.05) is 18.5 Å². The number of halogens is 1. The Morgan fingerprint density at radius 2 is 1.92 bits per heavy atom. The summed E-state index contributed by atoms with van der Waals surface area (Å²) in [5, 5.41) is 11.0. The fourth-order valence-electron chi connectivity index (χ4n) is 5.19. The second-order valence-electron chi connectivity index (χ2n) is 7.57. The minimum Gasteiger partial charge on any atom is -0.336 e. The molecule has 0 saturated carbocycles. The first-order valence-electron chi connectivity index (χ1n) is 9.20. The summed E-state index contributed by atoms with van der Waals surface area (Å²) in [7, 11) is 0. The number of hydrogen-bond acceptors (Lipinski definition) is 5. The van der Waals surface area contributed by atoms with E-state index in [1.807, 2.05) is 17.0 Å². The second kappa shape index (κ2) is 6.12. The zero-order chi connectivity index (χ0) is 17.7. The van der Waals surface area contributed by atoms with Crippen molar-refractivity contribution in [1.29, 1.82) is 0 Å². The van der Waals surface area contributed by atoms with E-state index in [2.05, 4.69) is 20.4 Å². The first kappa shape index (κ1) is 15.9. The van der Waals surface area contributed by atoms with E-state index in [9.17, 15) is 9.18 Å². The maximum Gasteiger partial charge on any atom is 0.244 e. The minimum atomic E-state index is -0.222. The van der Waals surface area contributed by atoms with Gasteiger partial charge >= 0.3 is 0 Å². The van der Waals surface area contributed by atoms with Crippen molar-refractivity contribution in [3.05, 3.63) is 42.0 Å². The van der Waals surface area contributed by atoms with Gasteiger partial charge in [-0.15, -0.1) is 5.10 Å². The molecule has 0 N–H and O–H groups in total. The van der Waals surface area contributed by atoms with Gasteiger partial charge in [-0.25, -0.2) is 9.07 Å². The molecule has 0 aliphatic carbocycles. The monoisotopic (exact) mass is 356 g/mol. The van der Waals surface area contributed by atoms with Crippen molar-refractivity contribution in [3.63, 3.8) is 0 Å². The summed E-state index contributed by atoms with van der Waals surface area (Å²) in [5.41, 5.74) is 1.12. The second-order valence-corrected chi connectivity index (χ2v) is 7.57. The molecule has 1 aromatic carbocycles. The summed E-state index contributed by atoms with van der Waals surface area (Å²) in [4.78, 5) is 17.6. The quantitative estimate of drug-likeness (QED) is 0.818. The van der Waals surface area contributed by atoms with E-state index in [0.717, 1.165) is 31.5 Å². The molecule has 0 radical (unpaired) electrons. The maximum absolute atomic E-state index is 13.4. The van der Waals surface area contributed by atoms with Gasteiger partial charge in [0.15, 0.2) is 0 Å². The summed E-state index contributed by atoms with van der Waals surface area (Å²) >= 11 is 0. The van der Waals surface area contributed by atoms with Crippen LogP contribution in [0.1, 0.15) is 24.3 Å². The van der Waals surface area contributed by atoms with Crippen LogP contribution in [0.2, 0.25) is 0 Å². The van der Waals surface area contributed by atoms with E-state index in [4.69, 9.17) is 0 Å². The topological polar surface area (TPSA) is 67.2 Å². The Morgan fingerprint density at radius 3 is 2.62 bits per heavy atom. The molecule has 26 heavy (non-hydrogen) atoms. The van der Waals surface area contributed by atoms with E-state index in [1.165, 1.54) is 23.1 Å². The number of fused-ring (bicyclic) bond motifs is 2. The number of piperidine rings is 3. The lowest BCUT2D eigenvalue weighted by Gasteiger charge is -2.51. The first-order chi connectivity index (χ1) is 12.7. The van der Waals surface area contributed by atoms with Crippen molar-refractivity contribution < 1.29 is 9.18 Å². The molecule has 4 aliphatic heterocycles. The van der Waals surface area contributed by atoms with Crippen molar-refractivity contribution in [2.45, 2.75) is 37.4 Å². The third-order valence-corrected chi connectivity index (χ3v) is 6.30. The number of amides is 1. The van der Waals surface area contributed by atoms with Gasteiger partial charge < -0.3 is 4.90 Å². The smallest absolute Gasteiger partial charge is 0.244 e. The van der Waals surface area contributed by atoms with Crippen molar-refractivity contribution in [1.82, 2.24) is 30.0 Å². The van der Waals surface area contributed by atoms with E-state index in [1.54, 1.807) is 0 Å². The predicted molar refractivity (Wildman–Crippen MR) is 90.5 cm³/mol. The fraction of sp³-hybridized carbons (Fsp3) is 0.556. The molecule has 1 amide bonds. The normalized spacial score (nSPS) is 32.7. The molecular formula is C18H21FN6O. The van der Waals surface area contributed by atoms with Crippen LogP contribution in [0.25, 0.3) is 0 Å². The Morgan fingerprint density at radius 1 is 1.15 bits per heavy atom. The number of carbonyl (C=O) groups excluding carboxylic acids is 1. The SMILES string of the molecule is O=C(Cn1cnnn1)N1C[C@H](c2ccc(F)cc2)[C@H]2[C@@H]1C1CCN2CC1. The molecule has 7 nitrogen and oxygen atoms in total. The minimum absolute atomic E-state index is 0.0608. The van der Waals surface area contributed by atoms with E-state index in [0.29, 0.717) is 18.5 Å². The van der Waals surface area contributed by atoms with Gasteiger partial charge in [0.2, 0.25) is 5.91 Å². The average molecular weight is 356 g/mol. The first-order valence-corrected chi connectivity index (χ1v) is 9.20. The number of tetrazole rings is 1. The summed E-state index contributed by atoms with van der Waals surface area (Å²) < 4.78 is 14.9. The number of benzene rings is 1. The van der Waals surface area contributed by atoms with Crippen LogP contribution in [0.5, 0.6) is 0 Å². The largest absolute Gasteiger partial charge is 0.336 e. The molecule has 3 atom stereocenters. The average Bonchev–Trinajstić information content (AvgIpc) is 3.32. The van der Waals surface area contributed by atoms with Gasteiger partial charge in [0.25, 0.3) is 0 Å². The number of likely N-dealkylation sites (tertiary alicyclic amines) is 1. The van der Waals surface area contributed by atoms with Gasteiger partial charge in [0.1, 0.15) is 18.7 Å². The Kier molecular flexibility index (Phi) is 3.74. The number of rotatable bonds is 3. The van der Waals surface area contributed by atoms with Gasteiger partial charge in [-0.3, -0.25) is 9.69 Å². The van der Waals surface area contributed by atoms with Crippen molar-refractivity contribution in [3.8, 4) is 0 Å². The van der Waals surface area contributed by atoms with Gasteiger partial charge in [-0.05, 0) is 60.0 Å². The Hall–Kier alpha value is -2.35. The van der Waals surface area contributed by atoms with Crippen LogP contribution in [-0.2, 0) is 11.3 Å². The molecule has 1 aromatic heterocycles. The predicted octanol–water partition coefficient (Wildman–Crippen LogP) is 0.901. The lowest BCUT2D eigenvalue weighted by atomic mass is 9.75. The molecule has 4 fully saturated rings. The molecular weight excluding hydrogens is 335 g/mol. The lowest BCUT2D eigenvalue weighted by Crippen LogP contribution is -2.61. The highest BCUT2D eigenvalue weighted by molar-refractivity contribution is 5.77. The Bertz CT molecular complexity index is 787. The van der Waals surface area contributed by atoms with Crippen LogP contribution in [0.15, 0.2) is 30.6 Å². The number of carbonyl (C=O) groups is 1. The number of nitrogens with zero attached hydrogens (tertiary/aromatic N) is 6. The zero-order valence-electron chi connectivity index (χ0n) is 14.4. The molecule has 2 bridgehead atoms. The molecule has 0 spiro atoms. The zero-order valence-corrected chi connectivity index (χ0v) is 14.4. The van der Waals surface area contributed by atoms with Gasteiger partial charge in [-0.2, -0.15) is 0 Å². The van der Waals surface area contributed by atoms with Crippen LogP contribution >= 0.6 is 0 Å². The van der Waals surface area contributed by atoms with E-state index < -0.39 is 0 Å². The van der Waals surface area contributed by atoms with Crippen molar-refractivity contribution in [2.75, 3.05) is 19.6 Å². The van der Waals surface area contributed by atoms with Gasteiger partial charge in [-0.1, -0.05) is 12.1 Å². The lowest BCUT2D eigenvalue weighted by molar-refractivity contribution is -0.136. The third kappa shape index (κ3) is 2.51. The summed E-state index contributed by atoms with van der Waals surface area (Å²) in [6.07, 6.45) is 3.76. The molecule has 4 saturated heterocycles. The third-order valence-electron chi connectivity index (χ3n) is 6.30. The molecule has 2 aromatic rings. The van der Waals surface area contributed by atoms with Crippen LogP contribution in [0.4, 0.5) is 4.39 Å². The number of aromatic nitrogens is 4. The Labute approximate surface area is 150 Å². The molecule has 6 rings (SSSR count). The highest BCUT2D eigenvalue weighted by Crippen LogP contribution is 2.46. The standard InChI is InChI=1S/C18H21FN6O/c19-14-3-1-12(2-4-14)15-9-25(16(26)10-24-11-20-21-22-24)17-13-5-7-23(8-6-13)18(15)17/h1-4,11,13,15,17-18H,5-10H2/t15-,17+,18+/m1/s1. The van der Waals surface area contributed by atoms with Crippen LogP contribution in [0, 0.1) is 11.7 Å². The van der Waals surface area contributed by atoms with Crippen molar-refractivity contribution >= 4 is 5.91 Å². The molecule has 8 heteroatoms. The fourth-order valence-corrected chi connectivity index (χ4v) is 5.19. The maximum atomic E-state index is 13.4. The van der Waals surface area contributed by atoms with Gasteiger partial charge in [0.05, 0.1) is 6.04 Å². The van der Waals surface area contributed by atoms with Crippen LogP contribution in [-0.4, -0.2) is 67.6 Å². The summed E-state index contributed by atoms with van der Waals surface area (Å²) in [6, 6.07) is 7.34. The van der Waals surface area contributed by atoms with Crippen LogP contribution < -0.4 is 0 Å². The van der Waals surface area contributed by atoms with E-state index in [-0.39, 0.29) is 30.2 Å².